The largest absolute Gasteiger partial charge is 0.449 e. The molecule has 0 radical (unpaired) electrons. The van der Waals surface area contributed by atoms with Gasteiger partial charge in [-0.2, -0.15) is 0 Å². The van der Waals surface area contributed by atoms with Crippen molar-refractivity contribution < 1.29 is 19.1 Å². The smallest absolute Gasteiger partial charge is 0.338 e. The van der Waals surface area contributed by atoms with E-state index in [-0.39, 0.29) is 0 Å². The van der Waals surface area contributed by atoms with E-state index < -0.39 is 23.9 Å². The van der Waals surface area contributed by atoms with Crippen molar-refractivity contribution >= 4 is 35.1 Å². The zero-order chi connectivity index (χ0) is 17.7. The first-order chi connectivity index (χ1) is 11.4. The number of anilines is 1. The zero-order valence-electron chi connectivity index (χ0n) is 12.8. The van der Waals surface area contributed by atoms with E-state index in [2.05, 4.69) is 5.32 Å². The van der Waals surface area contributed by atoms with E-state index in [0.29, 0.717) is 21.8 Å². The Bertz CT molecular complexity index is 757. The first-order valence-electron chi connectivity index (χ1n) is 7.04. The van der Waals surface area contributed by atoms with Crippen LogP contribution in [0.5, 0.6) is 0 Å². The number of amides is 2. The minimum Gasteiger partial charge on any atom is -0.449 e. The summed E-state index contributed by atoms with van der Waals surface area (Å²) in [4.78, 5) is 35.0. The number of hydrogen-bond acceptors (Lipinski definition) is 4. The number of ether oxygens (including phenoxy) is 1. The Balaban J connectivity index is 1.95. The normalized spacial score (nSPS) is 11.4. The fourth-order valence-corrected chi connectivity index (χ4v) is 1.96. The molecule has 0 aromatic heterocycles. The van der Waals surface area contributed by atoms with Crippen LogP contribution in [0.4, 0.5) is 5.69 Å². The predicted molar refractivity (Wildman–Crippen MR) is 89.9 cm³/mol. The van der Waals surface area contributed by atoms with Crippen molar-refractivity contribution in [2.75, 3.05) is 5.32 Å². The van der Waals surface area contributed by atoms with Gasteiger partial charge in [0, 0.05) is 16.3 Å². The number of nitrogens with one attached hydrogen (secondary N) is 1. The molecule has 7 heteroatoms. The molecule has 0 fully saturated rings. The van der Waals surface area contributed by atoms with Crippen LogP contribution in [-0.4, -0.2) is 23.9 Å². The highest BCUT2D eigenvalue weighted by molar-refractivity contribution is 6.30. The van der Waals surface area contributed by atoms with Crippen molar-refractivity contribution in [2.45, 2.75) is 13.0 Å². The zero-order valence-corrected chi connectivity index (χ0v) is 13.5. The van der Waals surface area contributed by atoms with Crippen molar-refractivity contribution in [3.63, 3.8) is 0 Å². The first kappa shape index (κ1) is 17.5. The monoisotopic (exact) mass is 346 g/mol. The molecule has 3 N–H and O–H groups in total. The predicted octanol–water partition coefficient (Wildman–Crippen LogP) is 2.62. The highest BCUT2D eigenvalue weighted by Crippen LogP contribution is 2.13. The number of primary amides is 1. The first-order valence-corrected chi connectivity index (χ1v) is 7.42. The van der Waals surface area contributed by atoms with Crippen LogP contribution < -0.4 is 11.1 Å². The Morgan fingerprint density at radius 2 is 1.54 bits per heavy atom. The molecule has 0 aliphatic carbocycles. The number of benzene rings is 2. The Labute approximate surface area is 143 Å². The van der Waals surface area contributed by atoms with Crippen molar-refractivity contribution in [3.05, 3.63) is 64.7 Å². The van der Waals surface area contributed by atoms with Crippen LogP contribution >= 0.6 is 11.6 Å². The minimum absolute atomic E-state index is 0.296. The summed E-state index contributed by atoms with van der Waals surface area (Å²) in [6, 6.07) is 12.2. The number of hydrogen-bond donors (Lipinski definition) is 2. The summed E-state index contributed by atoms with van der Waals surface area (Å²) < 4.78 is 5.10. The molecule has 2 rings (SSSR count). The van der Waals surface area contributed by atoms with Crippen LogP contribution in [-0.2, 0) is 9.53 Å². The molecule has 1 atom stereocenters. The van der Waals surface area contributed by atoms with Gasteiger partial charge in [-0.15, -0.1) is 0 Å². The van der Waals surface area contributed by atoms with E-state index in [9.17, 15) is 14.4 Å². The molecule has 0 heterocycles. The average Bonchev–Trinajstić information content (AvgIpc) is 2.55. The van der Waals surface area contributed by atoms with E-state index in [1.165, 1.54) is 43.3 Å². The third-order valence-electron chi connectivity index (χ3n) is 3.17. The van der Waals surface area contributed by atoms with Gasteiger partial charge in [0.05, 0.1) is 5.56 Å². The van der Waals surface area contributed by atoms with Crippen molar-refractivity contribution in [3.8, 4) is 0 Å². The maximum atomic E-state index is 12.1. The van der Waals surface area contributed by atoms with Crippen LogP contribution in [0.2, 0.25) is 5.02 Å². The molecule has 0 saturated heterocycles. The number of carbonyl (C=O) groups excluding carboxylic acids is 3. The lowest BCUT2D eigenvalue weighted by Gasteiger charge is -2.13. The Morgan fingerprint density at radius 3 is 2.08 bits per heavy atom. The Hall–Kier alpha value is -2.86. The third kappa shape index (κ3) is 4.57. The fraction of sp³-hybridized carbons (Fsp3) is 0.118. The fourth-order valence-electron chi connectivity index (χ4n) is 1.83. The van der Waals surface area contributed by atoms with Gasteiger partial charge < -0.3 is 15.8 Å². The van der Waals surface area contributed by atoms with Gasteiger partial charge in [0.2, 0.25) is 5.91 Å². The SMILES string of the molecule is CC(OC(=O)c1ccc(Cl)cc1)C(=O)Nc1ccc(C(N)=O)cc1. The van der Waals surface area contributed by atoms with Crippen LogP contribution in [0.15, 0.2) is 48.5 Å². The summed E-state index contributed by atoms with van der Waals surface area (Å²) in [5.41, 5.74) is 6.22. The molecule has 0 aliphatic heterocycles. The van der Waals surface area contributed by atoms with Gasteiger partial charge in [-0.3, -0.25) is 9.59 Å². The minimum atomic E-state index is -0.996. The Kier molecular flexibility index (Phi) is 5.55. The molecule has 2 aromatic rings. The molecule has 0 saturated carbocycles. The van der Waals surface area contributed by atoms with E-state index in [1.807, 2.05) is 0 Å². The molecule has 2 amide bonds. The molecule has 1 unspecified atom stereocenters. The number of halogens is 1. The number of nitrogens with two attached hydrogens (primary N) is 1. The van der Waals surface area contributed by atoms with Gasteiger partial charge in [-0.05, 0) is 55.5 Å². The van der Waals surface area contributed by atoms with E-state index in [4.69, 9.17) is 22.1 Å². The molecule has 124 valence electrons. The Morgan fingerprint density at radius 1 is 1.00 bits per heavy atom. The maximum Gasteiger partial charge on any atom is 0.338 e. The summed E-state index contributed by atoms with van der Waals surface area (Å²) in [7, 11) is 0. The lowest BCUT2D eigenvalue weighted by molar-refractivity contribution is -0.123. The highest BCUT2D eigenvalue weighted by atomic mass is 35.5. The van der Waals surface area contributed by atoms with Gasteiger partial charge in [-0.25, -0.2) is 4.79 Å². The number of carbonyl (C=O) groups is 3. The standard InChI is InChI=1S/C17H15ClN2O4/c1-10(24-17(23)12-2-6-13(18)7-3-12)16(22)20-14-8-4-11(5-9-14)15(19)21/h2-10H,1H3,(H2,19,21)(H,20,22). The molecule has 6 nitrogen and oxygen atoms in total. The van der Waals surface area contributed by atoms with Gasteiger partial charge in [-0.1, -0.05) is 11.6 Å². The average molecular weight is 347 g/mol. The van der Waals surface area contributed by atoms with E-state index in [1.54, 1.807) is 12.1 Å². The highest BCUT2D eigenvalue weighted by Gasteiger charge is 2.19. The second kappa shape index (κ2) is 7.61. The second-order valence-corrected chi connectivity index (χ2v) is 5.42. The topological polar surface area (TPSA) is 98.5 Å². The van der Waals surface area contributed by atoms with E-state index >= 15 is 0 Å². The summed E-state index contributed by atoms with van der Waals surface area (Å²) in [5.74, 6) is -1.68. The lowest BCUT2D eigenvalue weighted by atomic mass is 10.2. The molecular formula is C17H15ClN2O4. The summed E-state index contributed by atoms with van der Waals surface area (Å²) in [6.07, 6.45) is -0.996. The van der Waals surface area contributed by atoms with Gasteiger partial charge in [0.25, 0.3) is 5.91 Å². The van der Waals surface area contributed by atoms with Crippen molar-refractivity contribution in [2.24, 2.45) is 5.73 Å². The van der Waals surface area contributed by atoms with Crippen LogP contribution in [0.25, 0.3) is 0 Å². The molecule has 0 aliphatic rings. The second-order valence-electron chi connectivity index (χ2n) is 4.99. The van der Waals surface area contributed by atoms with Crippen LogP contribution in [0.1, 0.15) is 27.6 Å². The number of rotatable bonds is 5. The summed E-state index contributed by atoms with van der Waals surface area (Å²) >= 11 is 5.75. The molecule has 2 aromatic carbocycles. The van der Waals surface area contributed by atoms with Crippen molar-refractivity contribution in [1.29, 1.82) is 0 Å². The molecule has 0 bridgehead atoms. The lowest BCUT2D eigenvalue weighted by Crippen LogP contribution is -2.30. The molecule has 0 spiro atoms. The third-order valence-corrected chi connectivity index (χ3v) is 3.42. The van der Waals surface area contributed by atoms with Gasteiger partial charge in [0.1, 0.15) is 0 Å². The number of esters is 1. The van der Waals surface area contributed by atoms with Crippen LogP contribution in [0, 0.1) is 0 Å². The molecular weight excluding hydrogens is 332 g/mol. The summed E-state index contributed by atoms with van der Waals surface area (Å²) in [6.45, 7) is 1.46. The molecule has 24 heavy (non-hydrogen) atoms. The maximum absolute atomic E-state index is 12.1. The van der Waals surface area contributed by atoms with Crippen molar-refractivity contribution in [1.82, 2.24) is 0 Å². The summed E-state index contributed by atoms with van der Waals surface area (Å²) in [5, 5.41) is 3.08. The van der Waals surface area contributed by atoms with Gasteiger partial charge >= 0.3 is 5.97 Å². The van der Waals surface area contributed by atoms with Gasteiger partial charge in [0.15, 0.2) is 6.10 Å². The van der Waals surface area contributed by atoms with Crippen LogP contribution in [0.3, 0.4) is 0 Å². The quantitative estimate of drug-likeness (QED) is 0.813. The van der Waals surface area contributed by atoms with E-state index in [0.717, 1.165) is 0 Å².